The van der Waals surface area contributed by atoms with Crippen molar-refractivity contribution < 1.29 is 14.7 Å². The maximum absolute atomic E-state index is 12.8. The van der Waals surface area contributed by atoms with E-state index in [0.29, 0.717) is 29.1 Å². The van der Waals surface area contributed by atoms with Gasteiger partial charge in [0.2, 0.25) is 0 Å². The quantitative estimate of drug-likeness (QED) is 0.872. The van der Waals surface area contributed by atoms with E-state index in [-0.39, 0.29) is 18.1 Å². The molecule has 0 atom stereocenters. The van der Waals surface area contributed by atoms with E-state index < -0.39 is 5.97 Å². The number of carbonyl (C=O) groups is 2. The van der Waals surface area contributed by atoms with Gasteiger partial charge in [-0.25, -0.2) is 9.78 Å². The van der Waals surface area contributed by atoms with Crippen molar-refractivity contribution in [3.63, 3.8) is 0 Å². The summed E-state index contributed by atoms with van der Waals surface area (Å²) in [7, 11) is 0. The number of allylic oxidation sites excluding steroid dienone is 4. The fourth-order valence-corrected chi connectivity index (χ4v) is 3.63. The third-order valence-corrected chi connectivity index (χ3v) is 4.86. The Bertz CT molecular complexity index is 993. The molecule has 2 N–H and O–H groups in total. The minimum Gasteiger partial charge on any atom is -0.478 e. The second-order valence-corrected chi connectivity index (χ2v) is 6.54. The number of amides is 1. The van der Waals surface area contributed by atoms with Crippen molar-refractivity contribution in [2.24, 2.45) is 0 Å². The third kappa shape index (κ3) is 2.89. The first kappa shape index (κ1) is 17.0. The molecule has 1 aliphatic carbocycles. The maximum Gasteiger partial charge on any atom is 0.338 e. The molecule has 0 spiro atoms. The Hall–Kier alpha value is -3.41. The molecule has 0 saturated heterocycles. The number of carbonyl (C=O) groups excluding carboxylic acids is 1. The molecule has 1 amide bonds. The standard InChI is InChI=1S/C21H19N3O3/c1-13-16(21(26)27)17(14-8-4-2-5-9-14)18-19(23-13)24(12-22-20(18)25)15-10-6-3-7-11-15/h2-4,6-8,10-11H,5,9,12H2,1H3,(H,22,25)(H,26,27). The number of fused-ring (bicyclic) bond motifs is 1. The molecule has 2 heterocycles. The summed E-state index contributed by atoms with van der Waals surface area (Å²) < 4.78 is 0. The number of nitrogens with zero attached hydrogens (tertiary/aromatic N) is 2. The Kier molecular flexibility index (Phi) is 4.24. The summed E-state index contributed by atoms with van der Waals surface area (Å²) >= 11 is 0. The molecule has 6 heteroatoms. The van der Waals surface area contributed by atoms with Crippen LogP contribution in [0.1, 0.15) is 44.8 Å². The molecule has 2 aromatic rings. The summed E-state index contributed by atoms with van der Waals surface area (Å²) in [6.45, 7) is 1.97. The summed E-state index contributed by atoms with van der Waals surface area (Å²) in [5.41, 5.74) is 3.05. The Balaban J connectivity index is 2.02. The second kappa shape index (κ2) is 6.72. The molecule has 27 heavy (non-hydrogen) atoms. The van der Waals surface area contributed by atoms with Crippen molar-refractivity contribution in [3.05, 3.63) is 70.9 Å². The highest BCUT2D eigenvalue weighted by Crippen LogP contribution is 2.38. The Morgan fingerprint density at radius 1 is 1.22 bits per heavy atom. The van der Waals surface area contributed by atoms with Crippen LogP contribution in [-0.2, 0) is 0 Å². The van der Waals surface area contributed by atoms with Crippen LogP contribution in [0.5, 0.6) is 0 Å². The molecule has 6 nitrogen and oxygen atoms in total. The lowest BCUT2D eigenvalue weighted by molar-refractivity contribution is 0.0695. The molecule has 136 valence electrons. The van der Waals surface area contributed by atoms with Crippen LogP contribution in [0, 0.1) is 6.92 Å². The van der Waals surface area contributed by atoms with E-state index >= 15 is 0 Å². The number of aryl methyl sites for hydroxylation is 1. The first-order chi connectivity index (χ1) is 13.1. The molecule has 4 rings (SSSR count). The molecular weight excluding hydrogens is 342 g/mol. The monoisotopic (exact) mass is 361 g/mol. The van der Waals surface area contributed by atoms with Gasteiger partial charge in [0.15, 0.2) is 0 Å². The number of hydrogen-bond donors (Lipinski definition) is 2. The van der Waals surface area contributed by atoms with Crippen LogP contribution in [0.4, 0.5) is 11.5 Å². The number of nitrogens with one attached hydrogen (secondary N) is 1. The predicted octanol–water partition coefficient (Wildman–Crippen LogP) is 3.66. The normalized spacial score (nSPS) is 15.8. The summed E-state index contributed by atoms with van der Waals surface area (Å²) in [4.78, 5) is 31.2. The van der Waals surface area contributed by atoms with Crippen LogP contribution in [0.3, 0.4) is 0 Å². The van der Waals surface area contributed by atoms with Crippen LogP contribution in [0.25, 0.3) is 5.57 Å². The number of carboxylic acids is 1. The van der Waals surface area contributed by atoms with Crippen LogP contribution in [-0.4, -0.2) is 28.6 Å². The highest BCUT2D eigenvalue weighted by molar-refractivity contribution is 6.10. The SMILES string of the molecule is Cc1nc2c(c(C3=CC=CCC3)c1C(=O)O)C(=O)NCN2c1ccccc1. The fourth-order valence-electron chi connectivity index (χ4n) is 3.63. The number of para-hydroxylation sites is 1. The largest absolute Gasteiger partial charge is 0.478 e. The van der Waals surface area contributed by atoms with Crippen molar-refractivity contribution in [2.75, 3.05) is 11.6 Å². The predicted molar refractivity (Wildman–Crippen MR) is 103 cm³/mol. The third-order valence-electron chi connectivity index (χ3n) is 4.86. The molecule has 1 aliphatic heterocycles. The lowest BCUT2D eigenvalue weighted by Gasteiger charge is -2.33. The average molecular weight is 361 g/mol. The summed E-state index contributed by atoms with van der Waals surface area (Å²) in [5.74, 6) is -0.867. The van der Waals surface area contributed by atoms with Crippen LogP contribution < -0.4 is 10.2 Å². The van der Waals surface area contributed by atoms with Gasteiger partial charge in [-0.05, 0) is 37.5 Å². The molecule has 1 aromatic carbocycles. The zero-order valence-electron chi connectivity index (χ0n) is 14.9. The van der Waals surface area contributed by atoms with Crippen molar-refractivity contribution in [3.8, 4) is 0 Å². The number of carboxylic acid groups (broad SMARTS) is 1. The van der Waals surface area contributed by atoms with Gasteiger partial charge in [0.25, 0.3) is 5.91 Å². The number of aromatic carboxylic acids is 1. The Morgan fingerprint density at radius 3 is 2.67 bits per heavy atom. The van der Waals surface area contributed by atoms with Crippen molar-refractivity contribution in [1.82, 2.24) is 10.3 Å². The summed E-state index contributed by atoms with van der Waals surface area (Å²) in [6.07, 6.45) is 7.32. The van der Waals surface area contributed by atoms with Crippen molar-refractivity contribution in [2.45, 2.75) is 19.8 Å². The van der Waals surface area contributed by atoms with Gasteiger partial charge >= 0.3 is 5.97 Å². The summed E-state index contributed by atoms with van der Waals surface area (Å²) in [5, 5.41) is 12.7. The van der Waals surface area contributed by atoms with E-state index in [1.165, 1.54) is 0 Å². The van der Waals surface area contributed by atoms with Crippen LogP contribution in [0.2, 0.25) is 0 Å². The van der Waals surface area contributed by atoms with E-state index in [2.05, 4.69) is 10.3 Å². The van der Waals surface area contributed by atoms with Gasteiger partial charge in [0.05, 0.1) is 23.5 Å². The van der Waals surface area contributed by atoms with E-state index in [9.17, 15) is 14.7 Å². The van der Waals surface area contributed by atoms with Crippen molar-refractivity contribution in [1.29, 1.82) is 0 Å². The Morgan fingerprint density at radius 2 is 2.00 bits per heavy atom. The van der Waals surface area contributed by atoms with Gasteiger partial charge in [-0.3, -0.25) is 4.79 Å². The highest BCUT2D eigenvalue weighted by Gasteiger charge is 2.33. The van der Waals surface area contributed by atoms with Gasteiger partial charge in [-0.1, -0.05) is 36.4 Å². The lowest BCUT2D eigenvalue weighted by Crippen LogP contribution is -2.42. The fraction of sp³-hybridized carbons (Fsp3) is 0.190. The number of rotatable bonds is 3. The Labute approximate surface area is 156 Å². The number of aromatic nitrogens is 1. The molecule has 0 saturated carbocycles. The zero-order valence-corrected chi connectivity index (χ0v) is 14.9. The first-order valence-corrected chi connectivity index (χ1v) is 8.82. The molecule has 0 radical (unpaired) electrons. The van der Waals surface area contributed by atoms with E-state index in [1.54, 1.807) is 6.92 Å². The van der Waals surface area contributed by atoms with E-state index in [4.69, 9.17) is 0 Å². The maximum atomic E-state index is 12.8. The topological polar surface area (TPSA) is 82.5 Å². The average Bonchev–Trinajstić information content (AvgIpc) is 2.68. The van der Waals surface area contributed by atoms with Gasteiger partial charge in [-0.2, -0.15) is 0 Å². The zero-order chi connectivity index (χ0) is 19.0. The van der Waals surface area contributed by atoms with Gasteiger partial charge in [0, 0.05) is 11.3 Å². The van der Waals surface area contributed by atoms with Crippen LogP contribution in [0.15, 0.2) is 48.6 Å². The smallest absolute Gasteiger partial charge is 0.338 e. The minimum absolute atomic E-state index is 0.0976. The first-order valence-electron chi connectivity index (χ1n) is 8.82. The highest BCUT2D eigenvalue weighted by atomic mass is 16.4. The van der Waals surface area contributed by atoms with Crippen LogP contribution >= 0.6 is 0 Å². The number of anilines is 2. The molecule has 0 bridgehead atoms. The molecule has 2 aliphatic rings. The second-order valence-electron chi connectivity index (χ2n) is 6.54. The van der Waals surface area contributed by atoms with Gasteiger partial charge < -0.3 is 15.3 Å². The molecular formula is C21H19N3O3. The molecule has 1 aromatic heterocycles. The molecule has 0 fully saturated rings. The lowest BCUT2D eigenvalue weighted by atomic mass is 9.88. The van der Waals surface area contributed by atoms with Gasteiger partial charge in [0.1, 0.15) is 5.82 Å². The number of pyridine rings is 1. The van der Waals surface area contributed by atoms with E-state index in [0.717, 1.165) is 17.7 Å². The summed E-state index contributed by atoms with van der Waals surface area (Å²) in [6, 6.07) is 9.62. The van der Waals surface area contributed by atoms with Gasteiger partial charge in [-0.15, -0.1) is 0 Å². The molecule has 0 unspecified atom stereocenters. The minimum atomic E-state index is -1.07. The van der Waals surface area contributed by atoms with E-state index in [1.807, 2.05) is 53.5 Å². The number of hydrogen-bond acceptors (Lipinski definition) is 4. The van der Waals surface area contributed by atoms with Crippen molar-refractivity contribution >= 4 is 29.0 Å². The number of benzene rings is 1.